The summed E-state index contributed by atoms with van der Waals surface area (Å²) in [6.45, 7) is 1.64. The normalized spacial score (nSPS) is 11.1. The molecule has 0 fully saturated rings. The molecule has 2 aromatic heterocycles. The molecular formula is C11H7Br2F2NO3S. The molecule has 0 radical (unpaired) electrons. The highest BCUT2D eigenvalue weighted by molar-refractivity contribution is 9.13. The third kappa shape index (κ3) is 3.09. The van der Waals surface area contributed by atoms with Gasteiger partial charge in [-0.1, -0.05) is 0 Å². The number of hydrogen-bond acceptors (Lipinski definition) is 5. The monoisotopic (exact) mass is 429 g/mol. The van der Waals surface area contributed by atoms with E-state index < -0.39 is 23.8 Å². The molecule has 9 heteroatoms. The van der Waals surface area contributed by atoms with Gasteiger partial charge in [0.25, 0.3) is 6.43 Å². The summed E-state index contributed by atoms with van der Waals surface area (Å²) in [5.41, 5.74) is -0.709. The first-order valence-corrected chi connectivity index (χ1v) is 7.75. The maximum absolute atomic E-state index is 12.9. The summed E-state index contributed by atoms with van der Waals surface area (Å²) in [5.74, 6) is -1.55. The van der Waals surface area contributed by atoms with Gasteiger partial charge in [0.05, 0.1) is 15.3 Å². The zero-order chi connectivity index (χ0) is 14.9. The largest absolute Gasteiger partial charge is 0.460 e. The van der Waals surface area contributed by atoms with E-state index in [0.717, 1.165) is 8.26 Å². The Morgan fingerprint density at radius 1 is 1.55 bits per heavy atom. The Kier molecular flexibility index (Phi) is 4.92. The molecule has 0 unspecified atom stereocenters. The molecule has 2 heterocycles. The van der Waals surface area contributed by atoms with Crippen molar-refractivity contribution in [2.24, 2.45) is 0 Å². The number of halogens is 4. The number of alkyl halides is 2. The van der Waals surface area contributed by atoms with Gasteiger partial charge in [-0.15, -0.1) is 11.3 Å². The van der Waals surface area contributed by atoms with Crippen LogP contribution in [0.4, 0.5) is 8.78 Å². The van der Waals surface area contributed by atoms with Crippen LogP contribution in [0.25, 0.3) is 10.8 Å². The lowest BCUT2D eigenvalue weighted by molar-refractivity contribution is 0.0476. The first kappa shape index (κ1) is 15.6. The molecule has 2 aromatic rings. The Balaban J connectivity index is 2.46. The number of carbonyl (C=O) groups is 1. The van der Waals surface area contributed by atoms with E-state index >= 15 is 0 Å². The Morgan fingerprint density at radius 3 is 2.75 bits per heavy atom. The maximum atomic E-state index is 12.9. The number of ether oxygens (including phenoxy) is 1. The predicted octanol–water partition coefficient (Wildman–Crippen LogP) is 5.04. The Labute approximate surface area is 133 Å². The van der Waals surface area contributed by atoms with Crippen LogP contribution in [0.3, 0.4) is 0 Å². The van der Waals surface area contributed by atoms with E-state index in [0.29, 0.717) is 4.88 Å². The van der Waals surface area contributed by atoms with Crippen molar-refractivity contribution < 1.29 is 22.7 Å². The molecule has 0 aliphatic heterocycles. The highest BCUT2D eigenvalue weighted by Crippen LogP contribution is 2.39. The smallest absolute Gasteiger partial charge is 0.376 e. The van der Waals surface area contributed by atoms with Crippen molar-refractivity contribution in [2.75, 3.05) is 6.61 Å². The lowest BCUT2D eigenvalue weighted by Gasteiger charge is -1.99. The third-order valence-corrected chi connectivity index (χ3v) is 5.42. The van der Waals surface area contributed by atoms with Crippen molar-refractivity contribution in [1.29, 1.82) is 0 Å². The summed E-state index contributed by atoms with van der Waals surface area (Å²) < 4.78 is 37.1. The van der Waals surface area contributed by atoms with Gasteiger partial charge >= 0.3 is 5.97 Å². The van der Waals surface area contributed by atoms with Crippen molar-refractivity contribution in [3.63, 3.8) is 0 Å². The van der Waals surface area contributed by atoms with Crippen LogP contribution in [-0.2, 0) is 4.74 Å². The minimum absolute atomic E-state index is 0.0419. The maximum Gasteiger partial charge on any atom is 0.376 e. The third-order valence-electron chi connectivity index (χ3n) is 2.18. The van der Waals surface area contributed by atoms with Gasteiger partial charge in [-0.25, -0.2) is 18.6 Å². The van der Waals surface area contributed by atoms with Gasteiger partial charge in [-0.2, -0.15) is 0 Å². The van der Waals surface area contributed by atoms with Crippen molar-refractivity contribution >= 4 is 49.2 Å². The van der Waals surface area contributed by atoms with Crippen molar-refractivity contribution in [2.45, 2.75) is 13.3 Å². The van der Waals surface area contributed by atoms with Gasteiger partial charge in [0.1, 0.15) is 0 Å². The van der Waals surface area contributed by atoms with E-state index in [-0.39, 0.29) is 12.5 Å². The number of oxazole rings is 1. The van der Waals surface area contributed by atoms with Crippen LogP contribution in [-0.4, -0.2) is 17.6 Å². The van der Waals surface area contributed by atoms with Crippen molar-refractivity contribution in [3.8, 4) is 10.8 Å². The summed E-state index contributed by atoms with van der Waals surface area (Å²) in [7, 11) is 0. The second-order valence-electron chi connectivity index (χ2n) is 3.49. The number of esters is 1. The van der Waals surface area contributed by atoms with Crippen LogP contribution >= 0.6 is 43.2 Å². The fourth-order valence-electron chi connectivity index (χ4n) is 1.38. The molecule has 4 nitrogen and oxygen atoms in total. The van der Waals surface area contributed by atoms with Crippen LogP contribution in [0.5, 0.6) is 0 Å². The fraction of sp³-hybridized carbons (Fsp3) is 0.273. The number of nitrogens with zero attached hydrogens (tertiary/aromatic N) is 1. The average Bonchev–Trinajstić information content (AvgIpc) is 2.95. The van der Waals surface area contributed by atoms with E-state index in [1.165, 1.54) is 11.3 Å². The van der Waals surface area contributed by atoms with E-state index in [2.05, 4.69) is 41.6 Å². The van der Waals surface area contributed by atoms with Gasteiger partial charge in [0, 0.05) is 4.47 Å². The van der Waals surface area contributed by atoms with Crippen LogP contribution in [0.15, 0.2) is 18.7 Å². The highest BCUT2D eigenvalue weighted by Gasteiger charge is 2.28. The van der Waals surface area contributed by atoms with Crippen LogP contribution in [0.2, 0.25) is 0 Å². The quantitative estimate of drug-likeness (QED) is 0.637. The molecule has 0 saturated heterocycles. The Hall–Kier alpha value is -0.800. The Bertz CT molecular complexity index is 622. The molecule has 0 atom stereocenters. The number of hydrogen-bond donors (Lipinski definition) is 0. The van der Waals surface area contributed by atoms with E-state index in [4.69, 9.17) is 4.42 Å². The minimum Gasteiger partial charge on any atom is -0.460 e. The summed E-state index contributed by atoms with van der Waals surface area (Å²) in [4.78, 5) is 15.8. The second-order valence-corrected chi connectivity index (χ2v) is 6.71. The number of aromatic nitrogens is 1. The predicted molar refractivity (Wildman–Crippen MR) is 76.1 cm³/mol. The molecular weight excluding hydrogens is 424 g/mol. The van der Waals surface area contributed by atoms with Crippen molar-refractivity contribution in [1.82, 2.24) is 4.98 Å². The first-order valence-electron chi connectivity index (χ1n) is 5.35. The zero-order valence-electron chi connectivity index (χ0n) is 9.95. The molecule has 0 amide bonds. The van der Waals surface area contributed by atoms with Gasteiger partial charge in [0.2, 0.25) is 11.7 Å². The average molecular weight is 431 g/mol. The lowest BCUT2D eigenvalue weighted by atomic mass is 10.3. The number of carbonyl (C=O) groups excluding carboxylic acids is 1. The number of thiophene rings is 1. The molecule has 2 rings (SSSR count). The SMILES string of the molecule is CCOC(=O)c1oc(-c2cc(Br)c(Br)s2)nc1C(F)F. The van der Waals surface area contributed by atoms with E-state index in [1.807, 2.05) is 0 Å². The summed E-state index contributed by atoms with van der Waals surface area (Å²) in [6.07, 6.45) is -2.92. The van der Waals surface area contributed by atoms with E-state index in [9.17, 15) is 13.6 Å². The van der Waals surface area contributed by atoms with Gasteiger partial charge in [0.15, 0.2) is 5.69 Å². The van der Waals surface area contributed by atoms with Gasteiger partial charge < -0.3 is 9.15 Å². The first-order chi connectivity index (χ1) is 9.43. The van der Waals surface area contributed by atoms with Crippen LogP contribution in [0.1, 0.15) is 29.6 Å². The molecule has 0 spiro atoms. The Morgan fingerprint density at radius 2 is 2.25 bits per heavy atom. The van der Waals surface area contributed by atoms with Crippen LogP contribution < -0.4 is 0 Å². The highest BCUT2D eigenvalue weighted by atomic mass is 79.9. The molecule has 20 heavy (non-hydrogen) atoms. The fourth-order valence-corrected chi connectivity index (χ4v) is 3.34. The summed E-state index contributed by atoms with van der Waals surface area (Å²) >= 11 is 7.80. The number of rotatable bonds is 4. The summed E-state index contributed by atoms with van der Waals surface area (Å²) in [6, 6.07) is 1.66. The topological polar surface area (TPSA) is 52.3 Å². The van der Waals surface area contributed by atoms with E-state index in [1.54, 1.807) is 13.0 Å². The zero-order valence-corrected chi connectivity index (χ0v) is 13.9. The molecule has 0 N–H and O–H groups in total. The molecule has 0 aromatic carbocycles. The minimum atomic E-state index is -2.92. The lowest BCUT2D eigenvalue weighted by Crippen LogP contribution is -2.06. The summed E-state index contributed by atoms with van der Waals surface area (Å²) in [5, 5.41) is 0. The molecule has 0 aliphatic rings. The van der Waals surface area contributed by atoms with Crippen molar-refractivity contribution in [3.05, 3.63) is 25.8 Å². The molecule has 108 valence electrons. The second kappa shape index (κ2) is 6.31. The molecule has 0 saturated carbocycles. The molecule has 0 aliphatic carbocycles. The van der Waals surface area contributed by atoms with Gasteiger partial charge in [-0.05, 0) is 44.8 Å². The van der Waals surface area contributed by atoms with Gasteiger partial charge in [-0.3, -0.25) is 0 Å². The van der Waals surface area contributed by atoms with Crippen LogP contribution in [0, 0.1) is 0 Å². The standard InChI is InChI=1S/C11H7Br2F2NO3S/c1-2-18-11(17)7-6(9(14)15)16-10(19-7)5-3-4(12)8(13)20-5/h3,9H,2H2,1H3. The molecule has 0 bridgehead atoms.